The van der Waals surface area contributed by atoms with Gasteiger partial charge in [0.2, 0.25) is 0 Å². The van der Waals surface area contributed by atoms with Gasteiger partial charge >= 0.3 is 0 Å². The van der Waals surface area contributed by atoms with E-state index < -0.39 is 11.6 Å². The monoisotopic (exact) mass is 302 g/mol. The molecule has 0 amide bonds. The maximum Gasteiger partial charge on any atom is 0.152 e. The summed E-state index contributed by atoms with van der Waals surface area (Å²) in [6, 6.07) is 2.50. The predicted molar refractivity (Wildman–Crippen MR) is 59.1 cm³/mol. The van der Waals surface area contributed by atoms with Crippen molar-refractivity contribution in [1.29, 1.82) is 5.26 Å². The lowest BCUT2D eigenvalue weighted by Crippen LogP contribution is -1.92. The van der Waals surface area contributed by atoms with Gasteiger partial charge in [-0.2, -0.15) is 5.26 Å². The minimum absolute atomic E-state index is 0.00139. The number of benzene rings is 1. The number of fused-ring (bicyclic) bond motifs is 1. The number of hydrogen-bond donors (Lipinski definition) is 0. The van der Waals surface area contributed by atoms with Gasteiger partial charge in [-0.1, -0.05) is 11.6 Å². The van der Waals surface area contributed by atoms with Crippen molar-refractivity contribution in [3.63, 3.8) is 0 Å². The number of hydrogen-bond acceptors (Lipinski definition) is 2. The third kappa shape index (κ3) is 1.55. The number of aromatic nitrogens is 1. The Morgan fingerprint density at radius 3 is 2.69 bits per heavy atom. The van der Waals surface area contributed by atoms with E-state index in [0.29, 0.717) is 6.07 Å². The fourth-order valence-corrected chi connectivity index (χ4v) is 2.20. The first kappa shape index (κ1) is 11.2. The van der Waals surface area contributed by atoms with E-state index in [0.717, 1.165) is 6.20 Å². The fraction of sp³-hybridized carbons (Fsp3) is 0. The lowest BCUT2D eigenvalue weighted by molar-refractivity contribution is 0.586. The molecule has 80 valence electrons. The molecule has 2 nitrogen and oxygen atoms in total. The molecular formula is C10H2BrClF2N2. The molecule has 0 atom stereocenters. The van der Waals surface area contributed by atoms with Crippen LogP contribution in [0.5, 0.6) is 0 Å². The fourth-order valence-electron chi connectivity index (χ4n) is 1.31. The zero-order valence-corrected chi connectivity index (χ0v) is 9.90. The lowest BCUT2D eigenvalue weighted by Gasteiger charge is -2.05. The molecule has 16 heavy (non-hydrogen) atoms. The summed E-state index contributed by atoms with van der Waals surface area (Å²) in [6.07, 6.45) is 1.15. The van der Waals surface area contributed by atoms with Crippen LogP contribution in [-0.4, -0.2) is 4.98 Å². The van der Waals surface area contributed by atoms with E-state index in [1.54, 1.807) is 6.07 Å². The van der Waals surface area contributed by atoms with Crippen LogP contribution in [-0.2, 0) is 0 Å². The standard InChI is InChI=1S/C10H2BrClF2N2/c11-8-5(13)1-6(14)10-7(8)9(12)4(2-15)3-16-10/h1,3H. The highest BCUT2D eigenvalue weighted by atomic mass is 79.9. The predicted octanol–water partition coefficient (Wildman–Crippen LogP) is 3.80. The van der Waals surface area contributed by atoms with Crippen LogP contribution >= 0.6 is 27.5 Å². The highest BCUT2D eigenvalue weighted by Gasteiger charge is 2.16. The molecule has 0 aliphatic heterocycles. The summed E-state index contributed by atoms with van der Waals surface area (Å²) in [4.78, 5) is 3.74. The van der Waals surface area contributed by atoms with Gasteiger partial charge in [-0.3, -0.25) is 4.98 Å². The van der Waals surface area contributed by atoms with E-state index >= 15 is 0 Å². The number of nitriles is 1. The van der Waals surface area contributed by atoms with Gasteiger partial charge < -0.3 is 0 Å². The van der Waals surface area contributed by atoms with Gasteiger partial charge in [0.05, 0.1) is 15.1 Å². The topological polar surface area (TPSA) is 36.7 Å². The molecule has 2 aromatic rings. The molecular weight excluding hydrogens is 301 g/mol. The van der Waals surface area contributed by atoms with Crippen LogP contribution in [0.3, 0.4) is 0 Å². The van der Waals surface area contributed by atoms with Crippen LogP contribution < -0.4 is 0 Å². The molecule has 1 aromatic carbocycles. The molecule has 1 heterocycles. The molecule has 0 saturated carbocycles. The summed E-state index contributed by atoms with van der Waals surface area (Å²) < 4.78 is 26.6. The van der Waals surface area contributed by atoms with E-state index in [1.807, 2.05) is 0 Å². The molecule has 0 radical (unpaired) electrons. The Morgan fingerprint density at radius 1 is 1.38 bits per heavy atom. The van der Waals surface area contributed by atoms with Crippen molar-refractivity contribution < 1.29 is 8.78 Å². The van der Waals surface area contributed by atoms with Crippen LogP contribution in [0.4, 0.5) is 8.78 Å². The second kappa shape index (κ2) is 3.96. The van der Waals surface area contributed by atoms with Crippen molar-refractivity contribution in [1.82, 2.24) is 4.98 Å². The molecule has 0 spiro atoms. The minimum Gasteiger partial charge on any atom is -0.252 e. The normalized spacial score (nSPS) is 10.4. The van der Waals surface area contributed by atoms with Gasteiger partial charge in [-0.25, -0.2) is 8.78 Å². The Labute approximate surface area is 103 Å². The highest BCUT2D eigenvalue weighted by Crippen LogP contribution is 2.34. The largest absolute Gasteiger partial charge is 0.252 e. The third-order valence-electron chi connectivity index (χ3n) is 2.04. The maximum absolute atomic E-state index is 13.4. The Hall–Kier alpha value is -1.25. The van der Waals surface area contributed by atoms with E-state index in [4.69, 9.17) is 16.9 Å². The maximum atomic E-state index is 13.4. The Bertz CT molecular complexity index is 637. The van der Waals surface area contributed by atoms with E-state index in [-0.39, 0.29) is 26.0 Å². The molecule has 0 unspecified atom stereocenters. The van der Waals surface area contributed by atoms with Gasteiger partial charge in [0.15, 0.2) is 5.82 Å². The van der Waals surface area contributed by atoms with Gasteiger partial charge in [0, 0.05) is 17.6 Å². The average molecular weight is 303 g/mol. The number of pyridine rings is 1. The quantitative estimate of drug-likeness (QED) is 0.694. The minimum atomic E-state index is -0.818. The van der Waals surface area contributed by atoms with Crippen LogP contribution in [0.2, 0.25) is 5.02 Å². The van der Waals surface area contributed by atoms with Crippen molar-refractivity contribution >= 4 is 38.4 Å². The first-order valence-electron chi connectivity index (χ1n) is 4.08. The molecule has 1 aromatic heterocycles. The Morgan fingerprint density at radius 2 is 2.06 bits per heavy atom. The summed E-state index contributed by atoms with van der Waals surface area (Å²) in [6.45, 7) is 0. The molecule has 0 N–H and O–H groups in total. The molecule has 0 fully saturated rings. The summed E-state index contributed by atoms with van der Waals surface area (Å²) in [5.74, 6) is -1.61. The van der Waals surface area contributed by atoms with Crippen molar-refractivity contribution in [3.05, 3.63) is 39.0 Å². The van der Waals surface area contributed by atoms with Gasteiger partial charge in [-0.15, -0.1) is 0 Å². The second-order valence-electron chi connectivity index (χ2n) is 2.98. The lowest BCUT2D eigenvalue weighted by atomic mass is 10.1. The zero-order valence-electron chi connectivity index (χ0n) is 7.56. The average Bonchev–Trinajstić information content (AvgIpc) is 2.26. The molecule has 0 saturated heterocycles. The summed E-state index contributed by atoms with van der Waals surface area (Å²) >= 11 is 8.82. The van der Waals surface area contributed by atoms with Crippen LogP contribution in [0.15, 0.2) is 16.7 Å². The summed E-state index contributed by atoms with van der Waals surface area (Å²) in [5.41, 5.74) is -0.00265. The molecule has 2 rings (SSSR count). The van der Waals surface area contributed by atoms with Crippen molar-refractivity contribution in [2.24, 2.45) is 0 Å². The van der Waals surface area contributed by atoms with Gasteiger partial charge in [-0.05, 0) is 15.9 Å². The van der Waals surface area contributed by atoms with E-state index in [2.05, 4.69) is 20.9 Å². The van der Waals surface area contributed by atoms with Gasteiger partial charge in [0.25, 0.3) is 0 Å². The van der Waals surface area contributed by atoms with Gasteiger partial charge in [0.1, 0.15) is 17.4 Å². The first-order chi connectivity index (χ1) is 7.56. The number of rotatable bonds is 0. The van der Waals surface area contributed by atoms with E-state index in [9.17, 15) is 8.78 Å². The molecule has 0 aliphatic rings. The summed E-state index contributed by atoms with van der Waals surface area (Å²) in [7, 11) is 0. The number of nitrogens with zero attached hydrogens (tertiary/aromatic N) is 2. The third-order valence-corrected chi connectivity index (χ3v) is 3.21. The smallest absolute Gasteiger partial charge is 0.152 e. The van der Waals surface area contributed by atoms with Crippen LogP contribution in [0, 0.1) is 23.0 Å². The van der Waals surface area contributed by atoms with Crippen LogP contribution in [0.25, 0.3) is 10.9 Å². The van der Waals surface area contributed by atoms with Crippen molar-refractivity contribution in [3.8, 4) is 6.07 Å². The molecule has 0 aliphatic carbocycles. The summed E-state index contributed by atoms with van der Waals surface area (Å²) in [5, 5.41) is 8.78. The molecule has 6 heteroatoms. The Kier molecular flexibility index (Phi) is 2.78. The first-order valence-corrected chi connectivity index (χ1v) is 5.25. The van der Waals surface area contributed by atoms with E-state index in [1.165, 1.54) is 0 Å². The highest BCUT2D eigenvalue weighted by molar-refractivity contribution is 9.10. The zero-order chi connectivity index (χ0) is 11.9. The van der Waals surface area contributed by atoms with Crippen molar-refractivity contribution in [2.75, 3.05) is 0 Å². The molecule has 0 bridgehead atoms. The number of halogens is 4. The second-order valence-corrected chi connectivity index (χ2v) is 4.15. The SMILES string of the molecule is N#Cc1cnc2c(F)cc(F)c(Br)c2c1Cl. The Balaban J connectivity index is 3.04. The van der Waals surface area contributed by atoms with Crippen molar-refractivity contribution in [2.45, 2.75) is 0 Å². The van der Waals surface area contributed by atoms with Crippen LogP contribution in [0.1, 0.15) is 5.56 Å².